The zero-order valence-corrected chi connectivity index (χ0v) is 16.8. The summed E-state index contributed by atoms with van der Waals surface area (Å²) in [6.45, 7) is 8.15. The highest BCUT2D eigenvalue weighted by Crippen LogP contribution is 2.36. The number of hydrogen-bond acceptors (Lipinski definition) is 7. The molecule has 0 amide bonds. The fourth-order valence-electron chi connectivity index (χ4n) is 2.05. The van der Waals surface area contributed by atoms with Gasteiger partial charge in [-0.25, -0.2) is 8.42 Å². The van der Waals surface area contributed by atoms with Gasteiger partial charge >= 0.3 is 0 Å². The number of benzene rings is 2. The van der Waals surface area contributed by atoms with Crippen molar-refractivity contribution in [2.75, 3.05) is 13.1 Å². The molecule has 0 fully saturated rings. The molecule has 0 saturated heterocycles. The molecule has 27 heavy (non-hydrogen) atoms. The normalized spacial score (nSPS) is 11.6. The van der Waals surface area contributed by atoms with E-state index in [0.717, 1.165) is 18.7 Å². The lowest BCUT2D eigenvalue weighted by atomic mass is 10.2. The molecule has 2 aromatic rings. The Hall–Kier alpha value is -2.14. The number of hydrogen-bond donors (Lipinski definition) is 4. The van der Waals surface area contributed by atoms with Crippen LogP contribution in [0.5, 0.6) is 11.5 Å². The van der Waals surface area contributed by atoms with Gasteiger partial charge in [-0.3, -0.25) is 4.55 Å². The van der Waals surface area contributed by atoms with Gasteiger partial charge in [-0.1, -0.05) is 31.5 Å². The predicted octanol–water partition coefficient (Wildman–Crippen LogP) is 2.10. The first kappa shape index (κ1) is 22.9. The third-order valence-corrected chi connectivity index (χ3v) is 6.12. The van der Waals surface area contributed by atoms with E-state index in [1.54, 1.807) is 19.1 Å². The molecule has 150 valence electrons. The van der Waals surface area contributed by atoms with Crippen molar-refractivity contribution in [3.63, 3.8) is 0 Å². The van der Waals surface area contributed by atoms with Crippen molar-refractivity contribution in [1.82, 2.24) is 5.32 Å². The van der Waals surface area contributed by atoms with E-state index >= 15 is 0 Å². The molecule has 0 bridgehead atoms. The third-order valence-electron chi connectivity index (χ3n) is 3.44. The lowest BCUT2D eigenvalue weighted by Gasteiger charge is -2.09. The second-order valence-corrected chi connectivity index (χ2v) is 8.84. The average molecular weight is 418 g/mol. The summed E-state index contributed by atoms with van der Waals surface area (Å²) in [6.07, 6.45) is 0. The van der Waals surface area contributed by atoms with Gasteiger partial charge in [0, 0.05) is 12.1 Å². The first-order valence-electron chi connectivity index (χ1n) is 8.01. The predicted molar refractivity (Wildman–Crippen MR) is 100 cm³/mol. The summed E-state index contributed by atoms with van der Waals surface area (Å²) < 4.78 is 55.7. The molecule has 2 rings (SSSR count). The van der Waals surface area contributed by atoms with Crippen LogP contribution in [0.15, 0.2) is 51.1 Å². The standard InChI is InChI=1S/C13H12O7S2.C4H11N/c1-8-2-4-9(5-3-8)21(16,17)12-6-11(15)13(7-10(12)14)22(18,19)20;1-3-5-4-2/h2-7,14-15H,1H3,(H,18,19,20);5H,3-4H2,1-2H3. The first-order chi connectivity index (χ1) is 12.4. The fraction of sp³-hybridized carbons (Fsp3) is 0.294. The largest absolute Gasteiger partial charge is 0.507 e. The summed E-state index contributed by atoms with van der Waals surface area (Å²) in [6, 6.07) is 6.79. The molecule has 0 aliphatic carbocycles. The van der Waals surface area contributed by atoms with E-state index in [0.29, 0.717) is 12.1 Å². The Morgan fingerprint density at radius 1 is 0.852 bits per heavy atom. The number of phenols is 2. The molecule has 0 aliphatic heterocycles. The van der Waals surface area contributed by atoms with Crippen LogP contribution in [0.2, 0.25) is 0 Å². The van der Waals surface area contributed by atoms with Crippen LogP contribution in [0.4, 0.5) is 0 Å². The lowest BCUT2D eigenvalue weighted by molar-refractivity contribution is 0.424. The minimum atomic E-state index is -4.79. The van der Waals surface area contributed by atoms with E-state index in [1.165, 1.54) is 12.1 Å². The number of phenolic OH excluding ortho intramolecular Hbond substituents is 2. The van der Waals surface area contributed by atoms with E-state index < -0.39 is 41.2 Å². The van der Waals surface area contributed by atoms with E-state index in [4.69, 9.17) is 4.55 Å². The minimum Gasteiger partial charge on any atom is -0.507 e. The monoisotopic (exact) mass is 417 g/mol. The van der Waals surface area contributed by atoms with Gasteiger partial charge in [-0.2, -0.15) is 8.42 Å². The molecular formula is C17H23NO7S2. The SMILES string of the molecule is CCNCC.Cc1ccc(S(=O)(=O)c2cc(O)c(S(=O)(=O)O)cc2O)cc1. The van der Waals surface area contributed by atoms with Crippen molar-refractivity contribution in [1.29, 1.82) is 0 Å². The van der Waals surface area contributed by atoms with Crippen molar-refractivity contribution < 1.29 is 31.6 Å². The average Bonchev–Trinajstić information content (AvgIpc) is 2.57. The minimum absolute atomic E-state index is 0.132. The molecule has 0 aromatic heterocycles. The lowest BCUT2D eigenvalue weighted by Crippen LogP contribution is -2.09. The Bertz CT molecular complexity index is 981. The van der Waals surface area contributed by atoms with Crippen LogP contribution in [0.1, 0.15) is 19.4 Å². The molecule has 0 spiro atoms. The van der Waals surface area contributed by atoms with Crippen LogP contribution in [-0.2, 0) is 20.0 Å². The summed E-state index contributed by atoms with van der Waals surface area (Å²) in [4.78, 5) is -1.78. The quantitative estimate of drug-likeness (QED) is 0.428. The molecule has 10 heteroatoms. The van der Waals surface area contributed by atoms with Crippen molar-refractivity contribution >= 4 is 20.0 Å². The molecule has 0 unspecified atom stereocenters. The van der Waals surface area contributed by atoms with Crippen molar-refractivity contribution in [2.45, 2.75) is 35.5 Å². The molecule has 0 heterocycles. The van der Waals surface area contributed by atoms with E-state index in [1.807, 2.05) is 0 Å². The van der Waals surface area contributed by atoms with Gasteiger partial charge in [-0.05, 0) is 32.1 Å². The molecule has 0 atom stereocenters. The third kappa shape index (κ3) is 5.93. The highest BCUT2D eigenvalue weighted by molar-refractivity contribution is 7.91. The highest BCUT2D eigenvalue weighted by atomic mass is 32.2. The topological polar surface area (TPSA) is 141 Å². The van der Waals surface area contributed by atoms with Crippen molar-refractivity contribution in [2.24, 2.45) is 0 Å². The molecule has 0 aliphatic rings. The molecule has 4 N–H and O–H groups in total. The molecule has 0 saturated carbocycles. The van der Waals surface area contributed by atoms with Crippen LogP contribution in [0.25, 0.3) is 0 Å². The van der Waals surface area contributed by atoms with Gasteiger partial charge in [0.1, 0.15) is 21.3 Å². The summed E-state index contributed by atoms with van der Waals surface area (Å²) in [7, 11) is -8.95. The Morgan fingerprint density at radius 2 is 1.30 bits per heavy atom. The number of aromatic hydroxyl groups is 2. The van der Waals surface area contributed by atoms with Crippen LogP contribution in [0.3, 0.4) is 0 Å². The second-order valence-electron chi connectivity index (χ2n) is 5.54. The van der Waals surface area contributed by atoms with Gasteiger partial charge in [0.05, 0.1) is 4.90 Å². The Morgan fingerprint density at radius 3 is 1.70 bits per heavy atom. The van der Waals surface area contributed by atoms with Gasteiger partial charge < -0.3 is 15.5 Å². The smallest absolute Gasteiger partial charge is 0.298 e. The molecular weight excluding hydrogens is 394 g/mol. The Kier molecular flexibility index (Phi) is 7.78. The van der Waals surface area contributed by atoms with Crippen LogP contribution in [-0.4, -0.2) is 44.7 Å². The maximum atomic E-state index is 12.4. The van der Waals surface area contributed by atoms with E-state index in [-0.39, 0.29) is 4.90 Å². The number of rotatable bonds is 5. The second kappa shape index (κ2) is 9.18. The van der Waals surface area contributed by atoms with Crippen molar-refractivity contribution in [3.05, 3.63) is 42.0 Å². The maximum Gasteiger partial charge on any atom is 0.298 e. The maximum absolute atomic E-state index is 12.4. The zero-order valence-electron chi connectivity index (χ0n) is 15.2. The summed E-state index contributed by atoms with van der Waals surface area (Å²) in [5.41, 5.74) is 0.827. The highest BCUT2D eigenvalue weighted by Gasteiger charge is 2.26. The molecule has 8 nitrogen and oxygen atoms in total. The Labute approximate surface area is 159 Å². The molecule has 2 aromatic carbocycles. The summed E-state index contributed by atoms with van der Waals surface area (Å²) in [5, 5.41) is 22.5. The van der Waals surface area contributed by atoms with Crippen molar-refractivity contribution in [3.8, 4) is 11.5 Å². The number of aryl methyl sites for hydroxylation is 1. The van der Waals surface area contributed by atoms with Gasteiger partial charge in [0.15, 0.2) is 0 Å². The van der Waals surface area contributed by atoms with E-state index in [9.17, 15) is 27.0 Å². The van der Waals surface area contributed by atoms with E-state index in [2.05, 4.69) is 19.2 Å². The van der Waals surface area contributed by atoms with Gasteiger partial charge in [0.25, 0.3) is 10.1 Å². The molecule has 0 radical (unpaired) electrons. The van der Waals surface area contributed by atoms with Gasteiger partial charge in [-0.15, -0.1) is 0 Å². The Balaban J connectivity index is 0.000000646. The first-order valence-corrected chi connectivity index (χ1v) is 10.9. The van der Waals surface area contributed by atoms with Crippen LogP contribution < -0.4 is 5.32 Å². The number of sulfone groups is 1. The summed E-state index contributed by atoms with van der Waals surface area (Å²) in [5.74, 6) is -1.88. The fourth-order valence-corrected chi connectivity index (χ4v) is 3.99. The number of nitrogens with one attached hydrogen (secondary N) is 1. The van der Waals surface area contributed by atoms with Gasteiger partial charge in [0.2, 0.25) is 9.84 Å². The zero-order chi connectivity index (χ0) is 20.8. The summed E-state index contributed by atoms with van der Waals surface area (Å²) >= 11 is 0. The van der Waals surface area contributed by atoms with Crippen LogP contribution >= 0.6 is 0 Å². The van der Waals surface area contributed by atoms with Crippen LogP contribution in [0, 0.1) is 6.92 Å².